The summed E-state index contributed by atoms with van der Waals surface area (Å²) in [6.45, 7) is 5.54. The van der Waals surface area contributed by atoms with Crippen LogP contribution in [0.5, 0.6) is 0 Å². The third-order valence-corrected chi connectivity index (χ3v) is 7.46. The molecule has 3 aliphatic heterocycles. The smallest absolute Gasteiger partial charge is 0.317 e. The first kappa shape index (κ1) is 21.0. The molecular weight excluding hydrogens is 400 g/mol. The van der Waals surface area contributed by atoms with Gasteiger partial charge in [0.05, 0.1) is 6.54 Å². The van der Waals surface area contributed by atoms with Gasteiger partial charge in [-0.2, -0.15) is 0 Å². The monoisotopic (exact) mass is 432 g/mol. The largest absolute Gasteiger partial charge is 0.329 e. The fourth-order valence-electron chi connectivity index (χ4n) is 5.55. The predicted molar refractivity (Wildman–Crippen MR) is 125 cm³/mol. The van der Waals surface area contributed by atoms with E-state index in [1.54, 1.807) is 4.90 Å². The van der Waals surface area contributed by atoms with E-state index in [9.17, 15) is 9.59 Å². The van der Waals surface area contributed by atoms with E-state index >= 15 is 0 Å². The molecule has 3 aliphatic rings. The zero-order chi connectivity index (χ0) is 22.0. The van der Waals surface area contributed by atoms with Crippen molar-refractivity contribution in [3.63, 3.8) is 0 Å². The van der Waals surface area contributed by atoms with Crippen molar-refractivity contribution in [1.82, 2.24) is 15.1 Å². The lowest BCUT2D eigenvalue weighted by Gasteiger charge is -2.39. The molecule has 0 saturated carbocycles. The average molecular weight is 433 g/mol. The number of nitrogens with zero attached hydrogens (tertiary/aromatic N) is 3. The molecule has 2 fully saturated rings. The van der Waals surface area contributed by atoms with E-state index in [-0.39, 0.29) is 18.5 Å². The van der Waals surface area contributed by atoms with E-state index in [2.05, 4.69) is 46.6 Å². The zero-order valence-electron chi connectivity index (χ0n) is 18.6. The van der Waals surface area contributed by atoms with Crippen LogP contribution in [-0.4, -0.2) is 61.0 Å². The molecule has 2 saturated heterocycles. The van der Waals surface area contributed by atoms with Crippen molar-refractivity contribution in [3.8, 4) is 0 Å². The lowest BCUT2D eigenvalue weighted by Crippen LogP contribution is -2.50. The number of carbonyl (C=O) groups is 2. The van der Waals surface area contributed by atoms with Crippen LogP contribution < -0.4 is 10.2 Å². The maximum atomic E-state index is 12.7. The summed E-state index contributed by atoms with van der Waals surface area (Å²) in [5.74, 6) is -0.0378. The van der Waals surface area contributed by atoms with Gasteiger partial charge < -0.3 is 15.1 Å². The van der Waals surface area contributed by atoms with Crippen molar-refractivity contribution in [2.75, 3.05) is 44.2 Å². The second-order valence-corrected chi connectivity index (χ2v) is 9.52. The molecule has 0 aromatic heterocycles. The molecule has 6 heteroatoms. The van der Waals surface area contributed by atoms with E-state index in [0.717, 1.165) is 57.7 Å². The molecule has 3 heterocycles. The number of piperidine rings is 1. The molecule has 0 aliphatic carbocycles. The van der Waals surface area contributed by atoms with Gasteiger partial charge in [0.2, 0.25) is 5.91 Å². The van der Waals surface area contributed by atoms with E-state index in [0.29, 0.717) is 12.0 Å². The lowest BCUT2D eigenvalue weighted by atomic mass is 9.78. The minimum Gasteiger partial charge on any atom is -0.329 e. The highest BCUT2D eigenvalue weighted by Gasteiger charge is 2.41. The van der Waals surface area contributed by atoms with Gasteiger partial charge in [0.15, 0.2) is 0 Å². The number of benzene rings is 2. The van der Waals surface area contributed by atoms with Crippen LogP contribution in [0.2, 0.25) is 0 Å². The van der Waals surface area contributed by atoms with Gasteiger partial charge in [0, 0.05) is 38.4 Å². The maximum absolute atomic E-state index is 12.7. The van der Waals surface area contributed by atoms with Crippen LogP contribution in [0.4, 0.5) is 10.5 Å². The fraction of sp³-hybridized carbons (Fsp3) is 0.462. The number of nitrogens with one attached hydrogen (secondary N) is 1. The molecule has 6 nitrogen and oxygen atoms in total. The first-order valence-electron chi connectivity index (χ1n) is 11.8. The van der Waals surface area contributed by atoms with Crippen LogP contribution in [0.1, 0.15) is 30.4 Å². The van der Waals surface area contributed by atoms with Crippen LogP contribution in [0.3, 0.4) is 0 Å². The summed E-state index contributed by atoms with van der Waals surface area (Å²) in [6, 6.07) is 18.5. The maximum Gasteiger partial charge on any atom is 0.317 e. The molecule has 0 unspecified atom stereocenters. The first-order valence-corrected chi connectivity index (χ1v) is 11.8. The highest BCUT2D eigenvalue weighted by molar-refractivity contribution is 5.98. The summed E-state index contributed by atoms with van der Waals surface area (Å²) in [5, 5.41) is 2.87. The Labute approximate surface area is 190 Å². The third-order valence-electron chi connectivity index (χ3n) is 7.46. The minimum absolute atomic E-state index is 0.0378. The van der Waals surface area contributed by atoms with Crippen LogP contribution in [0.25, 0.3) is 0 Å². The second kappa shape index (κ2) is 8.94. The molecule has 1 N–H and O–H groups in total. The highest BCUT2D eigenvalue weighted by atomic mass is 16.2. The number of para-hydroxylation sites is 1. The van der Waals surface area contributed by atoms with Gasteiger partial charge in [-0.1, -0.05) is 48.5 Å². The fourth-order valence-corrected chi connectivity index (χ4v) is 5.55. The van der Waals surface area contributed by atoms with E-state index in [4.69, 9.17) is 0 Å². The van der Waals surface area contributed by atoms with Gasteiger partial charge in [-0.15, -0.1) is 0 Å². The normalized spacial score (nSPS) is 19.9. The van der Waals surface area contributed by atoms with Gasteiger partial charge in [0.25, 0.3) is 0 Å². The van der Waals surface area contributed by atoms with Gasteiger partial charge in [-0.25, -0.2) is 4.79 Å². The number of rotatable bonds is 4. The SMILES string of the molecule is O=C(NCC(=O)N1CCc2ccccc21)N1CCC2(CCN(Cc3ccccc3)C2)CC1. The summed E-state index contributed by atoms with van der Waals surface area (Å²) in [6.07, 6.45) is 4.17. The molecule has 0 atom stereocenters. The predicted octanol–water partition coefficient (Wildman–Crippen LogP) is 3.27. The van der Waals surface area contributed by atoms with Crippen LogP contribution >= 0.6 is 0 Å². The highest BCUT2D eigenvalue weighted by Crippen LogP contribution is 2.40. The standard InChI is InChI=1S/C26H32N4O2/c31-24(30-14-10-22-8-4-5-9-23(22)30)18-27-25(32)29-16-12-26(13-17-29)11-15-28(20-26)19-21-6-2-1-3-7-21/h1-9H,10-20H2,(H,27,32). The van der Waals surface area contributed by atoms with Crippen LogP contribution in [0.15, 0.2) is 54.6 Å². The average Bonchev–Trinajstić information content (AvgIpc) is 3.43. The number of hydrogen-bond donors (Lipinski definition) is 1. The van der Waals surface area contributed by atoms with Crippen LogP contribution in [-0.2, 0) is 17.8 Å². The molecule has 32 heavy (non-hydrogen) atoms. The Bertz CT molecular complexity index is 969. The Balaban J connectivity index is 1.08. The summed E-state index contributed by atoms with van der Waals surface area (Å²) in [4.78, 5) is 31.6. The van der Waals surface area contributed by atoms with Gasteiger partial charge in [0.1, 0.15) is 0 Å². The number of carbonyl (C=O) groups excluding carboxylic acids is 2. The van der Waals surface area contributed by atoms with Crippen molar-refractivity contribution < 1.29 is 9.59 Å². The second-order valence-electron chi connectivity index (χ2n) is 9.52. The molecule has 0 radical (unpaired) electrons. The van der Waals surface area contributed by atoms with Crippen molar-refractivity contribution >= 4 is 17.6 Å². The zero-order valence-corrected chi connectivity index (χ0v) is 18.6. The Morgan fingerprint density at radius 2 is 1.59 bits per heavy atom. The molecule has 5 rings (SSSR count). The van der Waals surface area contributed by atoms with E-state index in [1.807, 2.05) is 23.1 Å². The topological polar surface area (TPSA) is 55.9 Å². The number of amides is 3. The van der Waals surface area contributed by atoms with Crippen molar-refractivity contribution in [3.05, 3.63) is 65.7 Å². The van der Waals surface area contributed by atoms with Crippen molar-refractivity contribution in [2.24, 2.45) is 5.41 Å². The summed E-state index contributed by atoms with van der Waals surface area (Å²) in [5.41, 5.74) is 3.88. The molecule has 3 amide bonds. The Kier molecular flexibility index (Phi) is 5.87. The number of likely N-dealkylation sites (tertiary alicyclic amines) is 2. The summed E-state index contributed by atoms with van der Waals surface area (Å²) in [7, 11) is 0. The Morgan fingerprint density at radius 3 is 2.41 bits per heavy atom. The molecule has 0 bridgehead atoms. The number of urea groups is 1. The summed E-state index contributed by atoms with van der Waals surface area (Å²) < 4.78 is 0. The van der Waals surface area contributed by atoms with Crippen LogP contribution in [0, 0.1) is 5.41 Å². The Hall–Kier alpha value is -2.86. The van der Waals surface area contributed by atoms with Crippen molar-refractivity contribution in [2.45, 2.75) is 32.2 Å². The van der Waals surface area contributed by atoms with Gasteiger partial charge in [-0.3, -0.25) is 9.69 Å². The molecule has 168 valence electrons. The lowest BCUT2D eigenvalue weighted by molar-refractivity contribution is -0.117. The number of fused-ring (bicyclic) bond motifs is 1. The Morgan fingerprint density at radius 1 is 0.875 bits per heavy atom. The van der Waals surface area contributed by atoms with E-state index in [1.165, 1.54) is 17.5 Å². The summed E-state index contributed by atoms with van der Waals surface area (Å²) >= 11 is 0. The number of anilines is 1. The van der Waals surface area contributed by atoms with Gasteiger partial charge in [-0.05, 0) is 54.8 Å². The van der Waals surface area contributed by atoms with E-state index < -0.39 is 0 Å². The third kappa shape index (κ3) is 4.37. The quantitative estimate of drug-likeness (QED) is 0.807. The molecular formula is C26H32N4O2. The molecule has 2 aromatic carbocycles. The molecule has 2 aromatic rings. The van der Waals surface area contributed by atoms with Gasteiger partial charge >= 0.3 is 6.03 Å². The minimum atomic E-state index is -0.111. The molecule has 1 spiro atoms. The number of hydrogen-bond acceptors (Lipinski definition) is 3. The van der Waals surface area contributed by atoms with Crippen molar-refractivity contribution in [1.29, 1.82) is 0 Å². The first-order chi connectivity index (χ1) is 15.6.